The largest absolute Gasteiger partial charge is 0.292 e. The van der Waals surface area contributed by atoms with Crippen molar-refractivity contribution < 1.29 is 9.59 Å². The summed E-state index contributed by atoms with van der Waals surface area (Å²) in [6, 6.07) is 13.1. The Morgan fingerprint density at radius 3 is 2.46 bits per heavy atom. The van der Waals surface area contributed by atoms with Gasteiger partial charge >= 0.3 is 0 Å². The molecule has 2 heterocycles. The molecule has 0 unspecified atom stereocenters. The van der Waals surface area contributed by atoms with Gasteiger partial charge in [0.15, 0.2) is 5.78 Å². The van der Waals surface area contributed by atoms with Crippen LogP contribution in [0.25, 0.3) is 0 Å². The van der Waals surface area contributed by atoms with Crippen molar-refractivity contribution >= 4 is 17.5 Å². The summed E-state index contributed by atoms with van der Waals surface area (Å²) in [5.74, 6) is 0.222. The standard InChI is InChI=1S/C22H20N4O2/c1-21(2)17-10-12-26(18-9-11-24-25(18)3)20(28)22(17,13-15(14-23)19(21)27)16-7-5-4-6-8-16/h4-11,13H,12H2,1-3H3/t22-/m1/s1. The summed E-state index contributed by atoms with van der Waals surface area (Å²) >= 11 is 0. The Kier molecular flexibility index (Phi) is 3.86. The van der Waals surface area contributed by atoms with E-state index in [-0.39, 0.29) is 17.3 Å². The minimum absolute atomic E-state index is 0.0196. The van der Waals surface area contributed by atoms with Gasteiger partial charge in [0.05, 0.1) is 17.2 Å². The number of fused-ring (bicyclic) bond motifs is 1. The number of carbonyl (C=O) groups excluding carboxylic acids is 2. The van der Waals surface area contributed by atoms with Crippen molar-refractivity contribution in [1.82, 2.24) is 9.78 Å². The maximum absolute atomic E-state index is 14.0. The second kappa shape index (κ2) is 6.03. The van der Waals surface area contributed by atoms with Crippen LogP contribution in [0.3, 0.4) is 0 Å². The monoisotopic (exact) mass is 372 g/mol. The highest BCUT2D eigenvalue weighted by atomic mass is 16.2. The molecule has 6 nitrogen and oxygen atoms in total. The molecule has 0 fully saturated rings. The third-order valence-electron chi connectivity index (χ3n) is 5.75. The highest BCUT2D eigenvalue weighted by Crippen LogP contribution is 2.52. The fourth-order valence-electron chi connectivity index (χ4n) is 4.36. The number of benzene rings is 1. The first-order chi connectivity index (χ1) is 13.3. The zero-order valence-corrected chi connectivity index (χ0v) is 16.0. The van der Waals surface area contributed by atoms with Gasteiger partial charge in [-0.25, -0.2) is 0 Å². The number of Topliss-reactive ketones (excluding diaryl/α,β-unsaturated/α-hetero) is 1. The van der Waals surface area contributed by atoms with Gasteiger partial charge in [-0.15, -0.1) is 0 Å². The Morgan fingerprint density at radius 1 is 1.14 bits per heavy atom. The zero-order valence-electron chi connectivity index (χ0n) is 16.0. The summed E-state index contributed by atoms with van der Waals surface area (Å²) in [6.45, 7) is 3.92. The summed E-state index contributed by atoms with van der Waals surface area (Å²) in [7, 11) is 1.78. The lowest BCUT2D eigenvalue weighted by molar-refractivity contribution is -0.125. The van der Waals surface area contributed by atoms with E-state index in [4.69, 9.17) is 0 Å². The molecule has 0 radical (unpaired) electrons. The third kappa shape index (κ3) is 2.23. The second-order valence-electron chi connectivity index (χ2n) is 7.64. The van der Waals surface area contributed by atoms with Crippen LogP contribution in [0.2, 0.25) is 0 Å². The van der Waals surface area contributed by atoms with Crippen LogP contribution >= 0.6 is 0 Å². The van der Waals surface area contributed by atoms with Gasteiger partial charge in [0.2, 0.25) is 5.91 Å². The highest BCUT2D eigenvalue weighted by molar-refractivity contribution is 6.14. The van der Waals surface area contributed by atoms with E-state index >= 15 is 0 Å². The van der Waals surface area contributed by atoms with Crippen LogP contribution in [-0.2, 0) is 22.1 Å². The smallest absolute Gasteiger partial charge is 0.247 e. The van der Waals surface area contributed by atoms with Gasteiger partial charge in [-0.2, -0.15) is 10.4 Å². The number of nitriles is 1. The Hall–Kier alpha value is -3.46. The molecule has 0 N–H and O–H groups in total. The van der Waals surface area contributed by atoms with Crippen LogP contribution < -0.4 is 4.90 Å². The van der Waals surface area contributed by atoms with Crippen molar-refractivity contribution in [3.63, 3.8) is 0 Å². The van der Waals surface area contributed by atoms with E-state index in [1.54, 1.807) is 48.8 Å². The van der Waals surface area contributed by atoms with E-state index in [1.165, 1.54) is 0 Å². The molecule has 140 valence electrons. The summed E-state index contributed by atoms with van der Waals surface area (Å²) < 4.78 is 1.64. The summed E-state index contributed by atoms with van der Waals surface area (Å²) in [6.07, 6.45) is 5.14. The zero-order chi connectivity index (χ0) is 20.1. The molecule has 0 saturated carbocycles. The minimum Gasteiger partial charge on any atom is -0.292 e. The van der Waals surface area contributed by atoms with E-state index in [1.807, 2.05) is 42.5 Å². The average Bonchev–Trinajstić information content (AvgIpc) is 3.12. The Balaban J connectivity index is 2.05. The number of hydrogen-bond acceptors (Lipinski definition) is 4. The highest BCUT2D eigenvalue weighted by Gasteiger charge is 2.57. The molecule has 28 heavy (non-hydrogen) atoms. The van der Waals surface area contributed by atoms with Crippen LogP contribution in [0.5, 0.6) is 0 Å². The molecule has 2 aliphatic rings. The fraction of sp³-hybridized carbons (Fsp3) is 0.273. The van der Waals surface area contributed by atoms with Gasteiger partial charge in [0, 0.05) is 19.7 Å². The molecule has 1 amide bonds. The first-order valence-corrected chi connectivity index (χ1v) is 9.08. The topological polar surface area (TPSA) is 79.0 Å². The molecule has 0 spiro atoms. The number of carbonyl (C=O) groups is 2. The minimum atomic E-state index is -1.20. The molecule has 0 saturated heterocycles. The molecular formula is C22H20N4O2. The average molecular weight is 372 g/mol. The van der Waals surface area contributed by atoms with Crippen LogP contribution in [0, 0.1) is 16.7 Å². The molecular weight excluding hydrogens is 352 g/mol. The number of rotatable bonds is 2. The molecule has 0 bridgehead atoms. The normalized spacial score (nSPS) is 23.6. The first-order valence-electron chi connectivity index (χ1n) is 9.08. The third-order valence-corrected chi connectivity index (χ3v) is 5.75. The van der Waals surface area contributed by atoms with Crippen LogP contribution in [0.1, 0.15) is 19.4 Å². The van der Waals surface area contributed by atoms with E-state index in [2.05, 4.69) is 5.10 Å². The number of ketones is 1. The van der Waals surface area contributed by atoms with Crippen molar-refractivity contribution in [2.45, 2.75) is 19.3 Å². The number of anilines is 1. The van der Waals surface area contributed by atoms with E-state index in [0.29, 0.717) is 12.4 Å². The van der Waals surface area contributed by atoms with Gasteiger partial charge in [0.25, 0.3) is 0 Å². The van der Waals surface area contributed by atoms with Crippen LogP contribution in [0.15, 0.2) is 65.9 Å². The van der Waals surface area contributed by atoms with Crippen molar-refractivity contribution in [2.75, 3.05) is 11.4 Å². The molecule has 1 atom stereocenters. The maximum Gasteiger partial charge on any atom is 0.247 e. The number of allylic oxidation sites excluding steroid dienone is 1. The predicted octanol–water partition coefficient (Wildman–Crippen LogP) is 2.69. The summed E-state index contributed by atoms with van der Waals surface area (Å²) in [5.41, 5.74) is -0.674. The number of nitrogens with zero attached hydrogens (tertiary/aromatic N) is 4. The van der Waals surface area contributed by atoms with Gasteiger partial charge in [-0.3, -0.25) is 19.2 Å². The first kappa shape index (κ1) is 17.9. The Bertz CT molecular complexity index is 1090. The molecule has 1 aliphatic carbocycles. The Labute approximate surface area is 163 Å². The fourth-order valence-corrected chi connectivity index (χ4v) is 4.36. The quantitative estimate of drug-likeness (QED) is 0.759. The van der Waals surface area contributed by atoms with Gasteiger partial charge < -0.3 is 0 Å². The maximum atomic E-state index is 14.0. The number of aryl methyl sites for hydroxylation is 1. The van der Waals surface area contributed by atoms with E-state index in [9.17, 15) is 14.9 Å². The Morgan fingerprint density at radius 2 is 1.86 bits per heavy atom. The molecule has 4 rings (SSSR count). The molecule has 1 aromatic heterocycles. The lowest BCUT2D eigenvalue weighted by atomic mass is 9.56. The van der Waals surface area contributed by atoms with Gasteiger partial charge in [-0.05, 0) is 31.1 Å². The number of amides is 1. The molecule has 1 aliphatic heterocycles. The van der Waals surface area contributed by atoms with Crippen molar-refractivity contribution in [3.05, 3.63) is 71.5 Å². The predicted molar refractivity (Wildman–Crippen MR) is 104 cm³/mol. The SMILES string of the molecule is Cn1nccc1N1CC=C2C(C)(C)C(=O)C(C#N)=C[C@]2(c2ccccc2)C1=O. The summed E-state index contributed by atoms with van der Waals surface area (Å²) in [5, 5.41) is 13.8. The molecule has 2 aromatic rings. The second-order valence-corrected chi connectivity index (χ2v) is 7.64. The van der Waals surface area contributed by atoms with Crippen molar-refractivity contribution in [2.24, 2.45) is 12.5 Å². The molecule has 6 heteroatoms. The molecule has 1 aromatic carbocycles. The van der Waals surface area contributed by atoms with Gasteiger partial charge in [0.1, 0.15) is 17.3 Å². The van der Waals surface area contributed by atoms with Gasteiger partial charge in [-0.1, -0.05) is 36.4 Å². The van der Waals surface area contributed by atoms with Crippen molar-refractivity contribution in [3.8, 4) is 6.07 Å². The van der Waals surface area contributed by atoms with Crippen LogP contribution in [-0.4, -0.2) is 28.0 Å². The lowest BCUT2D eigenvalue weighted by Crippen LogP contribution is -2.57. The van der Waals surface area contributed by atoms with Crippen molar-refractivity contribution in [1.29, 1.82) is 5.26 Å². The lowest BCUT2D eigenvalue weighted by Gasteiger charge is -2.48. The van der Waals surface area contributed by atoms with E-state index in [0.717, 1.165) is 11.1 Å². The summed E-state index contributed by atoms with van der Waals surface area (Å²) in [4.78, 5) is 28.5. The van der Waals surface area contributed by atoms with E-state index < -0.39 is 10.8 Å². The van der Waals surface area contributed by atoms with Crippen LogP contribution in [0.4, 0.5) is 5.82 Å². The number of aromatic nitrogens is 2. The number of hydrogen-bond donors (Lipinski definition) is 0.